The van der Waals surface area contributed by atoms with Gasteiger partial charge in [0.05, 0.1) is 23.5 Å². The summed E-state index contributed by atoms with van der Waals surface area (Å²) in [5.74, 6) is -0.988. The van der Waals surface area contributed by atoms with Gasteiger partial charge in [0.15, 0.2) is 0 Å². The van der Waals surface area contributed by atoms with Crippen LogP contribution >= 0.6 is 11.3 Å². The van der Waals surface area contributed by atoms with Crippen molar-refractivity contribution in [3.63, 3.8) is 0 Å². The Morgan fingerprint density at radius 1 is 1.10 bits per heavy atom. The first-order chi connectivity index (χ1) is 14.0. The maximum atomic E-state index is 12.6. The average Bonchev–Trinajstić information content (AvgIpc) is 3.13. The number of carbonyl (C=O) groups is 2. The van der Waals surface area contributed by atoms with E-state index >= 15 is 0 Å². The van der Waals surface area contributed by atoms with Crippen LogP contribution in [0.15, 0.2) is 60.7 Å². The third-order valence-corrected chi connectivity index (χ3v) is 5.18. The van der Waals surface area contributed by atoms with Crippen LogP contribution in [0.4, 0.5) is 10.7 Å². The summed E-state index contributed by atoms with van der Waals surface area (Å²) in [6.07, 6.45) is -0.183. The lowest BCUT2D eigenvalue weighted by Crippen LogP contribution is -2.16. The first kappa shape index (κ1) is 20.2. The molecule has 148 valence electrons. The number of para-hydroxylation sites is 1. The molecule has 0 atom stereocenters. The molecule has 0 bridgehead atoms. The summed E-state index contributed by atoms with van der Waals surface area (Å²) < 4.78 is 5.10. The number of nitrogens with one attached hydrogen (secondary N) is 1. The van der Waals surface area contributed by atoms with Crippen molar-refractivity contribution >= 4 is 33.9 Å². The summed E-state index contributed by atoms with van der Waals surface area (Å²) in [5.41, 5.74) is 1.34. The molecule has 29 heavy (non-hydrogen) atoms. The quantitative estimate of drug-likeness (QED) is 0.346. The lowest BCUT2D eigenvalue weighted by atomic mass is 10.1. The van der Waals surface area contributed by atoms with Crippen LogP contribution in [0, 0.1) is 10.1 Å². The van der Waals surface area contributed by atoms with Gasteiger partial charge in [-0.1, -0.05) is 48.5 Å². The summed E-state index contributed by atoms with van der Waals surface area (Å²) in [6, 6.07) is 17.2. The zero-order valence-corrected chi connectivity index (χ0v) is 16.4. The van der Waals surface area contributed by atoms with Crippen molar-refractivity contribution in [2.75, 3.05) is 11.9 Å². The normalized spacial score (nSPS) is 10.4. The van der Waals surface area contributed by atoms with E-state index in [2.05, 4.69) is 5.32 Å². The number of hydrogen-bond acceptors (Lipinski definition) is 6. The lowest BCUT2D eigenvalue weighted by molar-refractivity contribution is -0.385. The fraction of sp³-hybridized carbons (Fsp3) is 0.143. The number of benzene rings is 2. The molecule has 1 aromatic heterocycles. The largest absolute Gasteiger partial charge is 0.462 e. The highest BCUT2D eigenvalue weighted by Crippen LogP contribution is 2.36. The number of anilines is 1. The highest BCUT2D eigenvalue weighted by Gasteiger charge is 2.21. The molecule has 3 rings (SSSR count). The molecule has 1 heterocycles. The summed E-state index contributed by atoms with van der Waals surface area (Å²) in [6.45, 7) is 1.91. The van der Waals surface area contributed by atoms with Crippen molar-refractivity contribution in [3.8, 4) is 10.4 Å². The molecule has 8 heteroatoms. The lowest BCUT2D eigenvalue weighted by Gasteiger charge is -2.06. The summed E-state index contributed by atoms with van der Waals surface area (Å²) >= 11 is 1.25. The van der Waals surface area contributed by atoms with Crippen molar-refractivity contribution in [2.24, 2.45) is 0 Å². The zero-order chi connectivity index (χ0) is 20.8. The number of thiophene rings is 1. The maximum absolute atomic E-state index is 12.6. The second-order valence-corrected chi connectivity index (χ2v) is 7.10. The van der Waals surface area contributed by atoms with E-state index in [1.807, 2.05) is 30.3 Å². The van der Waals surface area contributed by atoms with Gasteiger partial charge in [-0.15, -0.1) is 11.3 Å². The van der Waals surface area contributed by atoms with E-state index < -0.39 is 16.8 Å². The Hall–Kier alpha value is -3.52. The van der Waals surface area contributed by atoms with E-state index in [0.29, 0.717) is 10.6 Å². The van der Waals surface area contributed by atoms with Crippen molar-refractivity contribution in [1.29, 1.82) is 0 Å². The van der Waals surface area contributed by atoms with Crippen LogP contribution in [0.1, 0.15) is 22.8 Å². The van der Waals surface area contributed by atoms with Crippen LogP contribution in [0.25, 0.3) is 10.4 Å². The van der Waals surface area contributed by atoms with Gasteiger partial charge in [-0.3, -0.25) is 14.9 Å². The monoisotopic (exact) mass is 410 g/mol. The molecule has 2 aromatic carbocycles. The molecule has 3 aromatic rings. The Kier molecular flexibility index (Phi) is 6.36. The number of rotatable bonds is 7. The number of amides is 1. The van der Waals surface area contributed by atoms with Crippen LogP contribution in [0.2, 0.25) is 0 Å². The molecular weight excluding hydrogens is 392 g/mol. The molecule has 0 fully saturated rings. The van der Waals surface area contributed by atoms with E-state index in [-0.39, 0.29) is 24.3 Å². The smallest absolute Gasteiger partial charge is 0.341 e. The number of ether oxygens (including phenoxy) is 1. The van der Waals surface area contributed by atoms with E-state index in [0.717, 1.165) is 10.4 Å². The van der Waals surface area contributed by atoms with Gasteiger partial charge < -0.3 is 10.1 Å². The van der Waals surface area contributed by atoms with Gasteiger partial charge in [0.2, 0.25) is 5.91 Å². The van der Waals surface area contributed by atoms with Gasteiger partial charge in [0.25, 0.3) is 5.69 Å². The molecule has 0 radical (unpaired) electrons. The highest BCUT2D eigenvalue weighted by molar-refractivity contribution is 7.20. The van der Waals surface area contributed by atoms with Gasteiger partial charge in [0.1, 0.15) is 5.00 Å². The van der Waals surface area contributed by atoms with Crippen LogP contribution < -0.4 is 5.32 Å². The molecule has 0 spiro atoms. The Labute approximate surface area is 171 Å². The number of nitro groups is 1. The fourth-order valence-electron chi connectivity index (χ4n) is 2.77. The average molecular weight is 410 g/mol. The number of nitro benzene ring substituents is 1. The Morgan fingerprint density at radius 3 is 2.48 bits per heavy atom. The van der Waals surface area contributed by atoms with Crippen molar-refractivity contribution in [2.45, 2.75) is 13.3 Å². The molecule has 7 nitrogen and oxygen atoms in total. The standard InChI is InChI=1S/C21H18N2O5S/c1-2-28-21(25)16-13-18(14-8-4-3-5-9-14)29-20(16)22-19(24)12-15-10-6-7-11-17(15)23(26)27/h3-11,13H,2,12H2,1H3,(H,22,24). The van der Waals surface area contributed by atoms with Crippen LogP contribution in [-0.2, 0) is 16.0 Å². The molecule has 1 amide bonds. The van der Waals surface area contributed by atoms with Crippen molar-refractivity contribution in [3.05, 3.63) is 81.9 Å². The maximum Gasteiger partial charge on any atom is 0.341 e. The minimum atomic E-state index is -0.535. The second kappa shape index (κ2) is 9.11. The van der Waals surface area contributed by atoms with Crippen molar-refractivity contribution < 1.29 is 19.2 Å². The molecule has 0 unspecified atom stereocenters. The number of esters is 1. The highest BCUT2D eigenvalue weighted by atomic mass is 32.1. The molecule has 0 aliphatic carbocycles. The molecule has 0 aliphatic rings. The Morgan fingerprint density at radius 2 is 1.79 bits per heavy atom. The third-order valence-electron chi connectivity index (χ3n) is 4.08. The van der Waals surface area contributed by atoms with Crippen molar-refractivity contribution in [1.82, 2.24) is 0 Å². The van der Waals surface area contributed by atoms with Gasteiger partial charge in [-0.2, -0.15) is 0 Å². The van der Waals surface area contributed by atoms with Gasteiger partial charge >= 0.3 is 5.97 Å². The predicted molar refractivity (Wildman–Crippen MR) is 111 cm³/mol. The number of carbonyl (C=O) groups excluding carboxylic acids is 2. The van der Waals surface area contributed by atoms with E-state index in [1.54, 1.807) is 25.1 Å². The second-order valence-electron chi connectivity index (χ2n) is 6.05. The molecule has 1 N–H and O–H groups in total. The first-order valence-electron chi connectivity index (χ1n) is 8.88. The van der Waals surface area contributed by atoms with Gasteiger partial charge in [-0.25, -0.2) is 4.79 Å². The first-order valence-corrected chi connectivity index (χ1v) is 9.69. The molecule has 0 aliphatic heterocycles. The summed E-state index contributed by atoms with van der Waals surface area (Å²) in [5, 5.41) is 14.2. The molecule has 0 saturated heterocycles. The minimum Gasteiger partial charge on any atom is -0.462 e. The number of hydrogen-bond donors (Lipinski definition) is 1. The van der Waals surface area contributed by atoms with Gasteiger partial charge in [0, 0.05) is 16.5 Å². The molecule has 0 saturated carbocycles. The summed E-state index contributed by atoms with van der Waals surface area (Å²) in [7, 11) is 0. The Bertz CT molecular complexity index is 1050. The third kappa shape index (κ3) is 4.85. The zero-order valence-electron chi connectivity index (χ0n) is 15.6. The number of nitrogens with zero attached hydrogens (tertiary/aromatic N) is 1. The Balaban J connectivity index is 1.87. The molecular formula is C21H18N2O5S. The van der Waals surface area contributed by atoms with Crippen LogP contribution in [0.3, 0.4) is 0 Å². The van der Waals surface area contributed by atoms with E-state index in [9.17, 15) is 19.7 Å². The van der Waals surface area contributed by atoms with Gasteiger partial charge in [-0.05, 0) is 18.6 Å². The SMILES string of the molecule is CCOC(=O)c1cc(-c2ccccc2)sc1NC(=O)Cc1ccccc1[N+](=O)[O-]. The minimum absolute atomic E-state index is 0.121. The van der Waals surface area contributed by atoms with E-state index in [4.69, 9.17) is 4.74 Å². The van der Waals surface area contributed by atoms with Crippen LogP contribution in [-0.4, -0.2) is 23.4 Å². The fourth-order valence-corrected chi connectivity index (χ4v) is 3.84. The van der Waals surface area contributed by atoms with E-state index in [1.165, 1.54) is 23.5 Å². The predicted octanol–water partition coefficient (Wildman–Crippen LogP) is 4.68. The topological polar surface area (TPSA) is 98.5 Å². The summed E-state index contributed by atoms with van der Waals surface area (Å²) in [4.78, 5) is 36.3. The van der Waals surface area contributed by atoms with Crippen LogP contribution in [0.5, 0.6) is 0 Å².